The predicted octanol–water partition coefficient (Wildman–Crippen LogP) is 4.24. The van der Waals surface area contributed by atoms with Gasteiger partial charge in [0.2, 0.25) is 0 Å². The van der Waals surface area contributed by atoms with E-state index in [4.69, 9.17) is 5.11 Å². The first-order valence-corrected chi connectivity index (χ1v) is 9.38. The lowest BCUT2D eigenvalue weighted by atomic mass is 10.1. The van der Waals surface area contributed by atoms with E-state index >= 15 is 0 Å². The van der Waals surface area contributed by atoms with Gasteiger partial charge in [0.25, 0.3) is 0 Å². The SMILES string of the molecule is C[Si](C)CCCCCCCCCCCO. The van der Waals surface area contributed by atoms with Gasteiger partial charge < -0.3 is 5.11 Å². The molecule has 0 spiro atoms. The van der Waals surface area contributed by atoms with Crippen LogP contribution in [-0.2, 0) is 0 Å². The molecule has 0 saturated carbocycles. The standard InChI is InChI=1S/C13H29OSi/c1-15(2)13-11-9-7-5-3-4-6-8-10-12-14/h14H,3-13H2,1-2H3. The Morgan fingerprint density at radius 2 is 1.07 bits per heavy atom. The first-order valence-electron chi connectivity index (χ1n) is 6.67. The van der Waals surface area contributed by atoms with Crippen LogP contribution in [0.3, 0.4) is 0 Å². The zero-order valence-electron chi connectivity index (χ0n) is 10.7. The zero-order chi connectivity index (χ0) is 11.4. The van der Waals surface area contributed by atoms with Crippen molar-refractivity contribution >= 4 is 8.80 Å². The Kier molecular flexibility index (Phi) is 12.4. The second kappa shape index (κ2) is 12.2. The van der Waals surface area contributed by atoms with E-state index in [2.05, 4.69) is 13.1 Å². The lowest BCUT2D eigenvalue weighted by Gasteiger charge is -2.03. The van der Waals surface area contributed by atoms with Gasteiger partial charge in [-0.05, 0) is 6.42 Å². The normalized spacial score (nSPS) is 11.2. The molecule has 0 aliphatic rings. The molecule has 0 bridgehead atoms. The fraction of sp³-hybridized carbons (Fsp3) is 1.00. The molecule has 0 fully saturated rings. The number of hydrogen-bond acceptors (Lipinski definition) is 1. The van der Waals surface area contributed by atoms with Crippen LogP contribution in [-0.4, -0.2) is 20.5 Å². The first-order chi connectivity index (χ1) is 7.27. The molecule has 0 atom stereocenters. The summed E-state index contributed by atoms with van der Waals surface area (Å²) in [7, 11) is 0.0345. The molecule has 1 radical (unpaired) electrons. The monoisotopic (exact) mass is 229 g/mol. The molecule has 2 heteroatoms. The third-order valence-electron chi connectivity index (χ3n) is 2.83. The lowest BCUT2D eigenvalue weighted by molar-refractivity contribution is 0.282. The van der Waals surface area contributed by atoms with Crippen molar-refractivity contribution in [3.63, 3.8) is 0 Å². The molecule has 0 heterocycles. The van der Waals surface area contributed by atoms with Gasteiger partial charge in [0.15, 0.2) is 0 Å². The van der Waals surface area contributed by atoms with Crippen LogP contribution in [0.2, 0.25) is 19.1 Å². The second-order valence-electron chi connectivity index (χ2n) is 4.86. The number of rotatable bonds is 11. The number of aliphatic hydroxyl groups excluding tert-OH is 1. The lowest BCUT2D eigenvalue weighted by Crippen LogP contribution is -1.97. The van der Waals surface area contributed by atoms with Crippen molar-refractivity contribution in [3.8, 4) is 0 Å². The molecule has 1 nitrogen and oxygen atoms in total. The van der Waals surface area contributed by atoms with Crippen LogP contribution in [0.15, 0.2) is 0 Å². The van der Waals surface area contributed by atoms with Gasteiger partial charge in [-0.2, -0.15) is 0 Å². The van der Waals surface area contributed by atoms with Crippen LogP contribution in [0, 0.1) is 0 Å². The van der Waals surface area contributed by atoms with E-state index in [1.807, 2.05) is 0 Å². The maximum absolute atomic E-state index is 8.61. The third kappa shape index (κ3) is 14.2. The van der Waals surface area contributed by atoms with Gasteiger partial charge in [-0.1, -0.05) is 70.5 Å². The molecule has 0 aliphatic heterocycles. The van der Waals surface area contributed by atoms with E-state index < -0.39 is 0 Å². The Labute approximate surface area is 97.9 Å². The summed E-state index contributed by atoms with van der Waals surface area (Å²) in [5.41, 5.74) is 0. The summed E-state index contributed by atoms with van der Waals surface area (Å²) in [4.78, 5) is 0. The maximum Gasteiger partial charge on any atom is 0.0431 e. The van der Waals surface area contributed by atoms with E-state index in [0.717, 1.165) is 6.42 Å². The fourth-order valence-electron chi connectivity index (χ4n) is 1.83. The highest BCUT2D eigenvalue weighted by Gasteiger charge is 1.96. The highest BCUT2D eigenvalue weighted by atomic mass is 28.3. The molecule has 0 aromatic rings. The molecule has 0 rings (SSSR count). The summed E-state index contributed by atoms with van der Waals surface area (Å²) in [6.45, 7) is 5.19. The van der Waals surface area contributed by atoms with Crippen LogP contribution in [0.5, 0.6) is 0 Å². The summed E-state index contributed by atoms with van der Waals surface area (Å²) < 4.78 is 0. The van der Waals surface area contributed by atoms with Gasteiger partial charge >= 0.3 is 0 Å². The largest absolute Gasteiger partial charge is 0.396 e. The molecular weight excluding hydrogens is 200 g/mol. The molecule has 0 aromatic heterocycles. The number of aliphatic hydroxyl groups is 1. The Morgan fingerprint density at radius 3 is 1.47 bits per heavy atom. The van der Waals surface area contributed by atoms with E-state index in [9.17, 15) is 0 Å². The molecule has 0 amide bonds. The van der Waals surface area contributed by atoms with E-state index in [0.29, 0.717) is 6.61 Å². The number of unbranched alkanes of at least 4 members (excludes halogenated alkanes) is 8. The van der Waals surface area contributed by atoms with Gasteiger partial charge in [0, 0.05) is 15.4 Å². The minimum Gasteiger partial charge on any atom is -0.396 e. The van der Waals surface area contributed by atoms with Gasteiger partial charge in [0.1, 0.15) is 0 Å². The summed E-state index contributed by atoms with van der Waals surface area (Å²) >= 11 is 0. The summed E-state index contributed by atoms with van der Waals surface area (Å²) in [5.74, 6) is 0. The highest BCUT2D eigenvalue weighted by molar-refractivity contribution is 6.55. The van der Waals surface area contributed by atoms with Crippen molar-refractivity contribution in [1.29, 1.82) is 0 Å². The van der Waals surface area contributed by atoms with Gasteiger partial charge in [-0.25, -0.2) is 0 Å². The van der Waals surface area contributed by atoms with Crippen molar-refractivity contribution in [2.24, 2.45) is 0 Å². The predicted molar refractivity (Wildman–Crippen MR) is 70.9 cm³/mol. The topological polar surface area (TPSA) is 20.2 Å². The van der Waals surface area contributed by atoms with Crippen LogP contribution in [0.25, 0.3) is 0 Å². The Balaban J connectivity index is 2.87. The Bertz CT molecular complexity index is 115. The molecule has 15 heavy (non-hydrogen) atoms. The summed E-state index contributed by atoms with van der Waals surface area (Å²) in [6, 6.07) is 1.50. The average molecular weight is 229 g/mol. The average Bonchev–Trinajstić information content (AvgIpc) is 2.20. The molecule has 1 N–H and O–H groups in total. The Morgan fingerprint density at radius 1 is 0.667 bits per heavy atom. The van der Waals surface area contributed by atoms with Crippen LogP contribution < -0.4 is 0 Å². The third-order valence-corrected chi connectivity index (χ3v) is 4.19. The van der Waals surface area contributed by atoms with Gasteiger partial charge in [-0.3, -0.25) is 0 Å². The molecule has 0 saturated heterocycles. The Hall–Kier alpha value is 0.177. The minimum atomic E-state index is 0.0345. The molecule has 0 aliphatic carbocycles. The van der Waals surface area contributed by atoms with Crippen molar-refractivity contribution in [2.45, 2.75) is 76.9 Å². The van der Waals surface area contributed by atoms with Crippen LogP contribution in [0.1, 0.15) is 57.8 Å². The van der Waals surface area contributed by atoms with E-state index in [1.54, 1.807) is 0 Å². The minimum absolute atomic E-state index is 0.0345. The molecule has 91 valence electrons. The fourth-order valence-corrected chi connectivity index (χ4v) is 2.78. The smallest absolute Gasteiger partial charge is 0.0431 e. The quantitative estimate of drug-likeness (QED) is 0.415. The molecule has 0 unspecified atom stereocenters. The zero-order valence-corrected chi connectivity index (χ0v) is 11.7. The van der Waals surface area contributed by atoms with Crippen molar-refractivity contribution in [2.75, 3.05) is 6.61 Å². The van der Waals surface area contributed by atoms with Crippen molar-refractivity contribution in [3.05, 3.63) is 0 Å². The first kappa shape index (κ1) is 15.2. The highest BCUT2D eigenvalue weighted by Crippen LogP contribution is 2.11. The van der Waals surface area contributed by atoms with Crippen molar-refractivity contribution < 1.29 is 5.11 Å². The second-order valence-corrected chi connectivity index (χ2v) is 7.78. The van der Waals surface area contributed by atoms with Crippen molar-refractivity contribution in [1.82, 2.24) is 0 Å². The van der Waals surface area contributed by atoms with E-state index in [-0.39, 0.29) is 8.80 Å². The number of hydrogen-bond donors (Lipinski definition) is 1. The van der Waals surface area contributed by atoms with E-state index in [1.165, 1.54) is 57.4 Å². The van der Waals surface area contributed by atoms with Gasteiger partial charge in [-0.15, -0.1) is 0 Å². The molecule has 0 aromatic carbocycles. The summed E-state index contributed by atoms with van der Waals surface area (Å²) in [5, 5.41) is 8.61. The maximum atomic E-state index is 8.61. The van der Waals surface area contributed by atoms with Crippen LogP contribution in [0.4, 0.5) is 0 Å². The van der Waals surface area contributed by atoms with Gasteiger partial charge in [0.05, 0.1) is 0 Å². The summed E-state index contributed by atoms with van der Waals surface area (Å²) in [6.07, 6.45) is 12.1. The van der Waals surface area contributed by atoms with Crippen LogP contribution >= 0.6 is 0 Å². The molecular formula is C13H29OSi.